The molecule has 1 saturated carbocycles. The number of methoxy groups -OCH3 is 2. The number of carbonyl (C=O) groups excluding carboxylic acids is 1. The number of nitrogens with zero attached hydrogens (tertiary/aromatic N) is 4. The van der Waals surface area contributed by atoms with E-state index < -0.39 is 0 Å². The highest BCUT2D eigenvalue weighted by Gasteiger charge is 2.31. The fraction of sp³-hybridized carbons (Fsp3) is 0.556. The molecule has 3 heterocycles. The van der Waals surface area contributed by atoms with Gasteiger partial charge in [0.2, 0.25) is 11.8 Å². The van der Waals surface area contributed by atoms with Gasteiger partial charge in [0.1, 0.15) is 11.4 Å². The Bertz CT molecular complexity index is 802. The van der Waals surface area contributed by atoms with Crippen LogP contribution in [0.4, 0.5) is 0 Å². The molecule has 8 nitrogen and oxygen atoms in total. The molecule has 2 fully saturated rings. The molecule has 4 rings (SSSR count). The van der Waals surface area contributed by atoms with Crippen LogP contribution in [0.2, 0.25) is 0 Å². The van der Waals surface area contributed by atoms with Gasteiger partial charge in [0.15, 0.2) is 5.82 Å². The smallest absolute Gasteiger partial charge is 0.259 e. The second-order valence-electron chi connectivity index (χ2n) is 6.94. The number of nitrogens with one attached hydrogen (secondary N) is 1. The minimum Gasteiger partial charge on any atom is -0.481 e. The quantitative estimate of drug-likeness (QED) is 0.847. The highest BCUT2D eigenvalue weighted by molar-refractivity contribution is 5.96. The van der Waals surface area contributed by atoms with Gasteiger partial charge in [-0.25, -0.2) is 4.98 Å². The maximum absolute atomic E-state index is 12.9. The Morgan fingerprint density at radius 1 is 1.23 bits per heavy atom. The maximum Gasteiger partial charge on any atom is 0.259 e. The Morgan fingerprint density at radius 2 is 2.08 bits per heavy atom. The zero-order valence-electron chi connectivity index (χ0n) is 15.1. The van der Waals surface area contributed by atoms with Crippen molar-refractivity contribution in [1.82, 2.24) is 25.1 Å². The lowest BCUT2D eigenvalue weighted by Gasteiger charge is -2.18. The predicted molar refractivity (Wildman–Crippen MR) is 93.4 cm³/mol. The van der Waals surface area contributed by atoms with Crippen molar-refractivity contribution in [3.63, 3.8) is 0 Å². The molecule has 1 saturated heterocycles. The molecule has 0 aromatic carbocycles. The summed E-state index contributed by atoms with van der Waals surface area (Å²) in [5, 5.41) is 7.36. The van der Waals surface area contributed by atoms with E-state index in [0.717, 1.165) is 31.0 Å². The SMILES string of the molecule is COc1ccc(C(=O)N2CCC(Cc3nc(C4CC4)n[nH]3)C2)c(OC)n1. The van der Waals surface area contributed by atoms with Crippen LogP contribution in [0, 0.1) is 5.92 Å². The first-order valence-corrected chi connectivity index (χ1v) is 8.97. The van der Waals surface area contributed by atoms with Crippen molar-refractivity contribution in [2.75, 3.05) is 27.3 Å². The molecule has 1 atom stereocenters. The molecule has 2 aliphatic rings. The number of hydrogen-bond acceptors (Lipinski definition) is 6. The van der Waals surface area contributed by atoms with Crippen molar-refractivity contribution in [3.8, 4) is 11.8 Å². The predicted octanol–water partition coefficient (Wildman–Crippen LogP) is 1.80. The maximum atomic E-state index is 12.9. The summed E-state index contributed by atoms with van der Waals surface area (Å²) < 4.78 is 10.4. The van der Waals surface area contributed by atoms with Gasteiger partial charge in [0.05, 0.1) is 14.2 Å². The van der Waals surface area contributed by atoms with E-state index in [1.54, 1.807) is 12.1 Å². The molecule has 1 aliphatic carbocycles. The number of pyridine rings is 1. The van der Waals surface area contributed by atoms with E-state index >= 15 is 0 Å². The third-order valence-corrected chi connectivity index (χ3v) is 5.01. The number of rotatable bonds is 6. The molecule has 0 spiro atoms. The summed E-state index contributed by atoms with van der Waals surface area (Å²) in [6.07, 6.45) is 4.17. The van der Waals surface area contributed by atoms with Crippen molar-refractivity contribution in [2.45, 2.75) is 31.6 Å². The van der Waals surface area contributed by atoms with Crippen LogP contribution in [-0.4, -0.2) is 58.3 Å². The molecule has 8 heteroatoms. The summed E-state index contributed by atoms with van der Waals surface area (Å²) in [7, 11) is 3.04. The molecular weight excluding hydrogens is 334 g/mol. The van der Waals surface area contributed by atoms with Crippen molar-refractivity contribution in [2.24, 2.45) is 5.92 Å². The van der Waals surface area contributed by atoms with Gasteiger partial charge in [-0.05, 0) is 31.2 Å². The topological polar surface area (TPSA) is 93.2 Å². The molecule has 0 bridgehead atoms. The molecule has 1 aliphatic heterocycles. The number of ether oxygens (including phenoxy) is 2. The van der Waals surface area contributed by atoms with Crippen LogP contribution in [-0.2, 0) is 6.42 Å². The number of aromatic amines is 1. The van der Waals surface area contributed by atoms with Gasteiger partial charge in [-0.1, -0.05) is 0 Å². The summed E-state index contributed by atoms with van der Waals surface area (Å²) in [6, 6.07) is 3.38. The van der Waals surface area contributed by atoms with Crippen LogP contribution in [0.3, 0.4) is 0 Å². The Kier molecular flexibility index (Phi) is 4.48. The molecule has 1 unspecified atom stereocenters. The number of H-pyrrole nitrogens is 1. The van der Waals surface area contributed by atoms with E-state index in [1.165, 1.54) is 27.1 Å². The largest absolute Gasteiger partial charge is 0.481 e. The third kappa shape index (κ3) is 3.36. The van der Waals surface area contributed by atoms with Crippen molar-refractivity contribution >= 4 is 5.91 Å². The van der Waals surface area contributed by atoms with E-state index in [4.69, 9.17) is 9.47 Å². The first-order valence-electron chi connectivity index (χ1n) is 8.97. The molecule has 1 N–H and O–H groups in total. The summed E-state index contributed by atoms with van der Waals surface area (Å²) in [4.78, 5) is 23.5. The van der Waals surface area contributed by atoms with E-state index in [2.05, 4.69) is 20.2 Å². The fourth-order valence-corrected chi connectivity index (χ4v) is 3.41. The number of likely N-dealkylation sites (tertiary alicyclic amines) is 1. The average Bonchev–Trinajstić information content (AvgIpc) is 3.24. The van der Waals surface area contributed by atoms with Gasteiger partial charge >= 0.3 is 0 Å². The molecule has 26 heavy (non-hydrogen) atoms. The standard InChI is InChI=1S/C18H23N5O3/c1-25-15-6-5-13(17(20-15)26-2)18(24)23-8-7-11(10-23)9-14-19-16(22-21-14)12-3-4-12/h5-6,11-12H,3-4,7-10H2,1-2H3,(H,19,21,22). The normalized spacial score (nSPS) is 19.6. The number of carbonyl (C=O) groups is 1. The lowest BCUT2D eigenvalue weighted by atomic mass is 10.1. The Hall–Kier alpha value is -2.64. The molecule has 0 radical (unpaired) electrons. The Balaban J connectivity index is 1.40. The van der Waals surface area contributed by atoms with Gasteiger partial charge in [0.25, 0.3) is 5.91 Å². The number of hydrogen-bond donors (Lipinski definition) is 1. The zero-order valence-corrected chi connectivity index (χ0v) is 15.1. The Morgan fingerprint density at radius 3 is 2.81 bits per heavy atom. The van der Waals surface area contributed by atoms with Gasteiger partial charge in [0, 0.05) is 31.5 Å². The minimum absolute atomic E-state index is 0.0595. The lowest BCUT2D eigenvalue weighted by Crippen LogP contribution is -2.29. The van der Waals surface area contributed by atoms with Crippen LogP contribution in [0.1, 0.15) is 47.2 Å². The zero-order chi connectivity index (χ0) is 18.1. The summed E-state index contributed by atoms with van der Waals surface area (Å²) in [5.74, 6) is 3.47. The van der Waals surface area contributed by atoms with Crippen LogP contribution in [0.25, 0.3) is 0 Å². The van der Waals surface area contributed by atoms with E-state index in [-0.39, 0.29) is 5.91 Å². The highest BCUT2D eigenvalue weighted by atomic mass is 16.5. The van der Waals surface area contributed by atoms with Crippen LogP contribution in [0.15, 0.2) is 12.1 Å². The van der Waals surface area contributed by atoms with Crippen molar-refractivity contribution < 1.29 is 14.3 Å². The first-order chi connectivity index (χ1) is 12.7. The third-order valence-electron chi connectivity index (χ3n) is 5.01. The first kappa shape index (κ1) is 16.8. The second-order valence-corrected chi connectivity index (χ2v) is 6.94. The molecule has 138 valence electrons. The van der Waals surface area contributed by atoms with Gasteiger partial charge in [-0.2, -0.15) is 10.1 Å². The molecule has 1 amide bonds. The van der Waals surface area contributed by atoms with Gasteiger partial charge < -0.3 is 14.4 Å². The van der Waals surface area contributed by atoms with Crippen LogP contribution in [0.5, 0.6) is 11.8 Å². The second kappa shape index (κ2) is 6.93. The number of aromatic nitrogens is 4. The summed E-state index contributed by atoms with van der Waals surface area (Å²) in [5.41, 5.74) is 0.463. The van der Waals surface area contributed by atoms with Gasteiger partial charge in [-0.3, -0.25) is 9.89 Å². The van der Waals surface area contributed by atoms with E-state index in [9.17, 15) is 4.79 Å². The van der Waals surface area contributed by atoms with E-state index in [1.807, 2.05) is 4.90 Å². The average molecular weight is 357 g/mol. The van der Waals surface area contributed by atoms with Crippen molar-refractivity contribution in [3.05, 3.63) is 29.3 Å². The molecule has 2 aromatic heterocycles. The monoisotopic (exact) mass is 357 g/mol. The number of amides is 1. The minimum atomic E-state index is -0.0595. The van der Waals surface area contributed by atoms with Crippen LogP contribution < -0.4 is 9.47 Å². The van der Waals surface area contributed by atoms with Crippen LogP contribution >= 0.6 is 0 Å². The summed E-state index contributed by atoms with van der Waals surface area (Å²) in [6.45, 7) is 1.43. The molecule has 2 aromatic rings. The van der Waals surface area contributed by atoms with Gasteiger partial charge in [-0.15, -0.1) is 0 Å². The molecular formula is C18H23N5O3. The summed E-state index contributed by atoms with van der Waals surface area (Å²) >= 11 is 0. The fourth-order valence-electron chi connectivity index (χ4n) is 3.41. The Labute approximate surface area is 151 Å². The van der Waals surface area contributed by atoms with E-state index in [0.29, 0.717) is 35.7 Å². The highest BCUT2D eigenvalue weighted by Crippen LogP contribution is 2.38. The van der Waals surface area contributed by atoms with Crippen molar-refractivity contribution in [1.29, 1.82) is 0 Å². The lowest BCUT2D eigenvalue weighted by molar-refractivity contribution is 0.0782.